The van der Waals surface area contributed by atoms with Crippen LogP contribution in [0.2, 0.25) is 0 Å². The molecule has 10 nitrogen and oxygen atoms in total. The summed E-state index contributed by atoms with van der Waals surface area (Å²) in [7, 11) is 0. The van der Waals surface area contributed by atoms with Crippen LogP contribution in [0.3, 0.4) is 0 Å². The standard InChI is InChI=1S/C23H28N6O4/c1-13(2)10-17(8-9-19(30)31)29-22(32)15-4-6-16(7-5-15)24-11-18-12-25-21-20(28-18)23(33)27-14(3)26-21/h4-7,12-13,17,24H,8-11H2,1-3H3,(H,29,32)(H,30,31)(H,25,26,27,33)/t17-/m0/s1. The summed E-state index contributed by atoms with van der Waals surface area (Å²) >= 11 is 0. The van der Waals surface area contributed by atoms with Gasteiger partial charge in [-0.2, -0.15) is 4.98 Å². The Morgan fingerprint density at radius 2 is 1.88 bits per heavy atom. The highest BCUT2D eigenvalue weighted by atomic mass is 16.4. The van der Waals surface area contributed by atoms with Crippen LogP contribution >= 0.6 is 0 Å². The van der Waals surface area contributed by atoms with Crippen LogP contribution in [0.1, 0.15) is 55.0 Å². The van der Waals surface area contributed by atoms with Gasteiger partial charge in [0.05, 0.1) is 18.4 Å². The number of carboxylic acids is 1. The number of rotatable bonds is 10. The highest BCUT2D eigenvalue weighted by Gasteiger charge is 2.16. The predicted octanol–water partition coefficient (Wildman–Crippen LogP) is 2.64. The number of hydrogen-bond donors (Lipinski definition) is 4. The van der Waals surface area contributed by atoms with E-state index in [2.05, 4.69) is 30.6 Å². The van der Waals surface area contributed by atoms with Crippen molar-refractivity contribution in [3.63, 3.8) is 0 Å². The van der Waals surface area contributed by atoms with Gasteiger partial charge in [0.15, 0.2) is 11.2 Å². The monoisotopic (exact) mass is 452 g/mol. The summed E-state index contributed by atoms with van der Waals surface area (Å²) < 4.78 is 0. The number of aromatic nitrogens is 4. The van der Waals surface area contributed by atoms with E-state index in [1.807, 2.05) is 13.8 Å². The van der Waals surface area contributed by atoms with E-state index in [4.69, 9.17) is 5.11 Å². The fourth-order valence-electron chi connectivity index (χ4n) is 3.47. The molecule has 0 bridgehead atoms. The highest BCUT2D eigenvalue weighted by Crippen LogP contribution is 2.14. The van der Waals surface area contributed by atoms with Gasteiger partial charge in [0.2, 0.25) is 0 Å². The number of nitrogens with zero attached hydrogens (tertiary/aromatic N) is 3. The fraction of sp³-hybridized carbons (Fsp3) is 0.391. The number of aromatic amines is 1. The second-order valence-electron chi connectivity index (χ2n) is 8.35. The molecule has 0 radical (unpaired) electrons. The summed E-state index contributed by atoms with van der Waals surface area (Å²) in [5.41, 5.74) is 1.99. The minimum absolute atomic E-state index is 0.0136. The first-order chi connectivity index (χ1) is 15.7. The summed E-state index contributed by atoms with van der Waals surface area (Å²) in [4.78, 5) is 50.8. The Kier molecular flexibility index (Phi) is 7.70. The van der Waals surface area contributed by atoms with Crippen LogP contribution in [0.5, 0.6) is 0 Å². The Bertz CT molecular complexity index is 1190. The molecule has 0 aliphatic heterocycles. The number of benzene rings is 1. The van der Waals surface area contributed by atoms with Gasteiger partial charge in [0.1, 0.15) is 5.82 Å². The summed E-state index contributed by atoms with van der Waals surface area (Å²) in [6, 6.07) is 6.75. The van der Waals surface area contributed by atoms with Crippen molar-refractivity contribution in [1.82, 2.24) is 25.3 Å². The van der Waals surface area contributed by atoms with Crippen molar-refractivity contribution in [3.8, 4) is 0 Å². The molecule has 0 saturated carbocycles. The van der Waals surface area contributed by atoms with E-state index < -0.39 is 11.5 Å². The molecule has 0 unspecified atom stereocenters. The summed E-state index contributed by atoms with van der Waals surface area (Å²) in [6.45, 7) is 6.10. The third kappa shape index (κ3) is 6.83. The number of carbonyl (C=O) groups is 2. The fourth-order valence-corrected chi connectivity index (χ4v) is 3.47. The van der Waals surface area contributed by atoms with E-state index in [1.165, 1.54) is 0 Å². The molecule has 0 aliphatic carbocycles. The maximum absolute atomic E-state index is 12.6. The molecular weight excluding hydrogens is 424 g/mol. The lowest BCUT2D eigenvalue weighted by atomic mass is 9.99. The molecule has 3 aromatic rings. The topological polar surface area (TPSA) is 150 Å². The molecule has 1 aromatic carbocycles. The van der Waals surface area contributed by atoms with Crippen LogP contribution in [0, 0.1) is 12.8 Å². The zero-order chi connectivity index (χ0) is 24.0. The molecule has 4 N–H and O–H groups in total. The Morgan fingerprint density at radius 1 is 1.15 bits per heavy atom. The van der Waals surface area contributed by atoms with Gasteiger partial charge >= 0.3 is 11.5 Å². The van der Waals surface area contributed by atoms with Crippen LogP contribution < -0.4 is 16.2 Å². The van der Waals surface area contributed by atoms with Crippen molar-refractivity contribution in [2.24, 2.45) is 5.92 Å². The zero-order valence-electron chi connectivity index (χ0n) is 18.9. The Hall–Kier alpha value is -3.82. The van der Waals surface area contributed by atoms with Gasteiger partial charge in [-0.15, -0.1) is 0 Å². The van der Waals surface area contributed by atoms with E-state index >= 15 is 0 Å². The van der Waals surface area contributed by atoms with Gasteiger partial charge in [-0.25, -0.2) is 9.97 Å². The first-order valence-electron chi connectivity index (χ1n) is 10.8. The molecule has 33 heavy (non-hydrogen) atoms. The lowest BCUT2D eigenvalue weighted by molar-refractivity contribution is -0.137. The number of carbonyl (C=O) groups excluding carboxylic acids is 1. The van der Waals surface area contributed by atoms with E-state index in [1.54, 1.807) is 37.4 Å². The van der Waals surface area contributed by atoms with E-state index in [0.717, 1.165) is 5.69 Å². The molecule has 3 rings (SSSR count). The van der Waals surface area contributed by atoms with Crippen LogP contribution in [-0.4, -0.2) is 43.0 Å². The van der Waals surface area contributed by atoms with Gasteiger partial charge in [-0.05, 0) is 49.9 Å². The average molecular weight is 453 g/mol. The first kappa shape index (κ1) is 23.8. The lowest BCUT2D eigenvalue weighted by Crippen LogP contribution is -2.36. The predicted molar refractivity (Wildman–Crippen MR) is 124 cm³/mol. The maximum Gasteiger partial charge on any atom is 0.303 e. The Morgan fingerprint density at radius 3 is 2.55 bits per heavy atom. The van der Waals surface area contributed by atoms with Crippen molar-refractivity contribution in [2.75, 3.05) is 5.32 Å². The first-order valence-corrected chi connectivity index (χ1v) is 10.8. The molecule has 2 heterocycles. The molecule has 1 atom stereocenters. The van der Waals surface area contributed by atoms with Crippen molar-refractivity contribution < 1.29 is 14.7 Å². The second kappa shape index (κ2) is 10.7. The molecule has 0 fully saturated rings. The van der Waals surface area contributed by atoms with Gasteiger partial charge in [-0.1, -0.05) is 13.8 Å². The van der Waals surface area contributed by atoms with Crippen LogP contribution in [0.15, 0.2) is 35.3 Å². The van der Waals surface area contributed by atoms with Gasteiger partial charge in [0, 0.05) is 23.7 Å². The Labute approximate surface area is 190 Å². The van der Waals surface area contributed by atoms with E-state index in [-0.39, 0.29) is 23.9 Å². The molecule has 0 aliphatic rings. The largest absolute Gasteiger partial charge is 0.481 e. The van der Waals surface area contributed by atoms with E-state index in [0.29, 0.717) is 48.0 Å². The van der Waals surface area contributed by atoms with Gasteiger partial charge in [0.25, 0.3) is 5.91 Å². The van der Waals surface area contributed by atoms with Gasteiger partial charge in [-0.3, -0.25) is 14.4 Å². The number of anilines is 1. The van der Waals surface area contributed by atoms with Crippen molar-refractivity contribution in [2.45, 2.75) is 52.6 Å². The number of H-pyrrole nitrogens is 1. The van der Waals surface area contributed by atoms with Crippen LogP contribution in [0.4, 0.5) is 5.69 Å². The molecular formula is C23H28N6O4. The lowest BCUT2D eigenvalue weighted by Gasteiger charge is -2.20. The minimum atomic E-state index is -0.875. The number of nitrogens with one attached hydrogen (secondary N) is 3. The maximum atomic E-state index is 12.6. The molecule has 174 valence electrons. The quantitative estimate of drug-likeness (QED) is 0.367. The average Bonchev–Trinajstić information content (AvgIpc) is 2.76. The van der Waals surface area contributed by atoms with Crippen LogP contribution in [0.25, 0.3) is 11.2 Å². The molecule has 0 saturated heterocycles. The molecule has 2 aromatic heterocycles. The SMILES string of the molecule is Cc1nc(=O)c2nc(CNc3ccc(C(=O)N[C@@H](CCC(=O)O)CC(C)C)cc3)cnc2[nH]1. The minimum Gasteiger partial charge on any atom is -0.481 e. The van der Waals surface area contributed by atoms with Gasteiger partial charge < -0.3 is 20.7 Å². The molecule has 0 spiro atoms. The highest BCUT2D eigenvalue weighted by molar-refractivity contribution is 5.94. The second-order valence-corrected chi connectivity index (χ2v) is 8.35. The number of fused-ring (bicyclic) bond motifs is 1. The third-order valence-corrected chi connectivity index (χ3v) is 5.01. The number of aryl methyl sites for hydroxylation is 1. The number of aliphatic carboxylic acids is 1. The van der Waals surface area contributed by atoms with E-state index in [9.17, 15) is 14.4 Å². The summed E-state index contributed by atoms with van der Waals surface area (Å²) in [6.07, 6.45) is 2.70. The number of hydrogen-bond acceptors (Lipinski definition) is 7. The van der Waals surface area contributed by atoms with Crippen LogP contribution in [-0.2, 0) is 11.3 Å². The smallest absolute Gasteiger partial charge is 0.303 e. The van der Waals surface area contributed by atoms with Crippen molar-refractivity contribution in [1.29, 1.82) is 0 Å². The zero-order valence-corrected chi connectivity index (χ0v) is 18.9. The summed E-state index contributed by atoms with van der Waals surface area (Å²) in [5.74, 6) is -0.293. The molecule has 10 heteroatoms. The Balaban J connectivity index is 1.61. The normalized spacial score (nSPS) is 12.0. The summed E-state index contributed by atoms with van der Waals surface area (Å²) in [5, 5.41) is 15.1. The number of carboxylic acid groups (broad SMARTS) is 1. The molecule has 1 amide bonds. The van der Waals surface area contributed by atoms with Crippen molar-refractivity contribution >= 4 is 28.7 Å². The van der Waals surface area contributed by atoms with Crippen molar-refractivity contribution in [3.05, 3.63) is 57.9 Å². The number of amides is 1. The third-order valence-electron chi connectivity index (χ3n) is 5.01.